The highest BCUT2D eigenvalue weighted by Crippen LogP contribution is 2.28. The van der Waals surface area contributed by atoms with Gasteiger partial charge in [-0.15, -0.1) is 0 Å². The first-order valence-corrected chi connectivity index (χ1v) is 7.63. The summed E-state index contributed by atoms with van der Waals surface area (Å²) in [4.78, 5) is 24.3. The van der Waals surface area contributed by atoms with Crippen molar-refractivity contribution in [3.05, 3.63) is 53.2 Å². The lowest BCUT2D eigenvalue weighted by atomic mass is 10.2. The van der Waals surface area contributed by atoms with Crippen LogP contribution in [0.15, 0.2) is 39.4 Å². The van der Waals surface area contributed by atoms with Crippen LogP contribution >= 0.6 is 0 Å². The summed E-state index contributed by atoms with van der Waals surface area (Å²) >= 11 is 0. The van der Waals surface area contributed by atoms with Crippen molar-refractivity contribution in [3.63, 3.8) is 0 Å². The molecular weight excluding hydrogens is 340 g/mol. The van der Waals surface area contributed by atoms with Crippen molar-refractivity contribution in [1.82, 2.24) is 10.3 Å². The quantitative estimate of drug-likeness (QED) is 0.721. The van der Waals surface area contributed by atoms with E-state index in [1.807, 2.05) is 0 Å². The molecule has 0 fully saturated rings. The molecule has 2 N–H and O–H groups in total. The van der Waals surface area contributed by atoms with Crippen LogP contribution in [-0.4, -0.2) is 29.2 Å². The van der Waals surface area contributed by atoms with Crippen molar-refractivity contribution >= 4 is 23.2 Å². The molecule has 26 heavy (non-hydrogen) atoms. The summed E-state index contributed by atoms with van der Waals surface area (Å²) in [6.45, 7) is 3.44. The zero-order valence-corrected chi connectivity index (χ0v) is 14.3. The first kappa shape index (κ1) is 17.2. The van der Waals surface area contributed by atoms with Crippen molar-refractivity contribution in [2.45, 2.75) is 13.8 Å². The summed E-state index contributed by atoms with van der Waals surface area (Å²) < 4.78 is 15.1. The molecule has 1 aromatic carbocycles. The van der Waals surface area contributed by atoms with Gasteiger partial charge in [0.25, 0.3) is 11.8 Å². The number of amides is 2. The van der Waals surface area contributed by atoms with Gasteiger partial charge in [0.05, 0.1) is 24.2 Å². The zero-order chi connectivity index (χ0) is 18.7. The lowest BCUT2D eigenvalue weighted by Gasteiger charge is -2.11. The van der Waals surface area contributed by atoms with Gasteiger partial charge in [0.15, 0.2) is 0 Å². The zero-order valence-electron chi connectivity index (χ0n) is 14.3. The number of carbonyl (C=O) groups excluding carboxylic acids is 2. The molecule has 2 aromatic heterocycles. The molecule has 0 spiro atoms. The molecule has 9 nitrogen and oxygen atoms in total. The number of nitrogens with zero attached hydrogens (tertiary/aromatic N) is 2. The predicted octanol–water partition coefficient (Wildman–Crippen LogP) is 2.79. The number of benzene rings is 1. The average molecular weight is 356 g/mol. The van der Waals surface area contributed by atoms with Crippen LogP contribution in [0.25, 0.3) is 0 Å². The van der Waals surface area contributed by atoms with Crippen LogP contribution in [0, 0.1) is 13.8 Å². The van der Waals surface area contributed by atoms with Gasteiger partial charge < -0.3 is 24.4 Å². The number of hydrogen-bond donors (Lipinski definition) is 2. The smallest absolute Gasteiger partial charge is 0.294 e. The molecule has 2 heterocycles. The summed E-state index contributed by atoms with van der Waals surface area (Å²) in [5.41, 5.74) is 2.09. The van der Waals surface area contributed by atoms with E-state index in [9.17, 15) is 9.59 Å². The van der Waals surface area contributed by atoms with Gasteiger partial charge in [-0.05, 0) is 26.0 Å². The van der Waals surface area contributed by atoms with E-state index < -0.39 is 11.8 Å². The third-order valence-corrected chi connectivity index (χ3v) is 3.41. The number of anilines is 2. The van der Waals surface area contributed by atoms with Gasteiger partial charge in [-0.3, -0.25) is 9.59 Å². The number of ether oxygens (including phenoxy) is 1. The van der Waals surface area contributed by atoms with Gasteiger partial charge >= 0.3 is 0 Å². The molecule has 0 atom stereocenters. The number of hydrogen-bond acceptors (Lipinski definition) is 7. The number of rotatable bonds is 5. The molecule has 0 saturated heterocycles. The monoisotopic (exact) mass is 356 g/mol. The number of methoxy groups -OCH3 is 1. The van der Waals surface area contributed by atoms with Crippen molar-refractivity contribution < 1.29 is 23.4 Å². The largest absolute Gasteiger partial charge is 0.494 e. The maximum Gasteiger partial charge on any atom is 0.294 e. The highest BCUT2D eigenvalue weighted by molar-refractivity contribution is 6.04. The number of aryl methyl sites for hydroxylation is 2. The van der Waals surface area contributed by atoms with Gasteiger partial charge in [-0.25, -0.2) is 0 Å². The molecule has 3 aromatic rings. The fourth-order valence-corrected chi connectivity index (χ4v) is 2.19. The Morgan fingerprint density at radius 3 is 2.00 bits per heavy atom. The van der Waals surface area contributed by atoms with Gasteiger partial charge in [-0.1, -0.05) is 10.3 Å². The highest BCUT2D eigenvalue weighted by Gasteiger charge is 2.16. The Bertz CT molecular complexity index is 960. The van der Waals surface area contributed by atoms with Crippen LogP contribution in [-0.2, 0) is 0 Å². The summed E-state index contributed by atoms with van der Waals surface area (Å²) in [5.74, 6) is -0.359. The van der Waals surface area contributed by atoms with Crippen LogP contribution in [0.1, 0.15) is 32.5 Å². The summed E-state index contributed by atoms with van der Waals surface area (Å²) in [5, 5.41) is 12.7. The van der Waals surface area contributed by atoms with Crippen LogP contribution in [0.2, 0.25) is 0 Å². The van der Waals surface area contributed by atoms with Crippen molar-refractivity contribution in [2.24, 2.45) is 0 Å². The Morgan fingerprint density at radius 1 is 0.923 bits per heavy atom. The Hall–Kier alpha value is -3.62. The summed E-state index contributed by atoms with van der Waals surface area (Å²) in [6.07, 6.45) is 0. The first-order chi connectivity index (χ1) is 12.5. The van der Waals surface area contributed by atoms with Crippen LogP contribution in [0.3, 0.4) is 0 Å². The maximum atomic E-state index is 12.2. The minimum Gasteiger partial charge on any atom is -0.494 e. The Kier molecular flexibility index (Phi) is 4.70. The first-order valence-electron chi connectivity index (χ1n) is 7.63. The van der Waals surface area contributed by atoms with Crippen LogP contribution in [0.4, 0.5) is 11.4 Å². The number of aromatic nitrogens is 2. The molecule has 134 valence electrons. The number of nitrogens with one attached hydrogen (secondary N) is 2. The molecule has 0 aliphatic carbocycles. The summed E-state index contributed by atoms with van der Waals surface area (Å²) in [6, 6.07) is 7.84. The van der Waals surface area contributed by atoms with E-state index >= 15 is 0 Å². The molecule has 0 aliphatic heterocycles. The number of carbonyl (C=O) groups is 2. The van der Waals surface area contributed by atoms with E-state index in [0.29, 0.717) is 28.5 Å². The van der Waals surface area contributed by atoms with Crippen LogP contribution < -0.4 is 15.4 Å². The second kappa shape index (κ2) is 7.09. The van der Waals surface area contributed by atoms with Gasteiger partial charge in [0.1, 0.15) is 5.75 Å². The van der Waals surface area contributed by atoms with Gasteiger partial charge in [0.2, 0.25) is 11.5 Å². The average Bonchev–Trinajstić information content (AvgIpc) is 3.24. The van der Waals surface area contributed by atoms with E-state index in [1.54, 1.807) is 32.0 Å². The Labute approximate surface area is 148 Å². The van der Waals surface area contributed by atoms with Crippen molar-refractivity contribution in [3.8, 4) is 5.75 Å². The fourth-order valence-electron chi connectivity index (χ4n) is 2.19. The van der Waals surface area contributed by atoms with E-state index in [0.717, 1.165) is 0 Å². The normalized spacial score (nSPS) is 10.4. The lowest BCUT2D eigenvalue weighted by Crippen LogP contribution is -2.13. The SMILES string of the molecule is COc1cc(NC(=O)c2cc(C)no2)ccc1NC(=O)c1cc(C)no1. The van der Waals surface area contributed by atoms with Crippen molar-refractivity contribution in [2.75, 3.05) is 17.7 Å². The van der Waals surface area contributed by atoms with E-state index in [1.165, 1.54) is 19.2 Å². The molecule has 0 aliphatic rings. The fraction of sp³-hybridized carbons (Fsp3) is 0.176. The van der Waals surface area contributed by atoms with E-state index in [2.05, 4.69) is 20.9 Å². The molecule has 0 unspecified atom stereocenters. The van der Waals surface area contributed by atoms with E-state index in [-0.39, 0.29) is 11.5 Å². The minimum absolute atomic E-state index is 0.0858. The molecule has 0 radical (unpaired) electrons. The van der Waals surface area contributed by atoms with E-state index in [4.69, 9.17) is 13.8 Å². The molecule has 2 amide bonds. The van der Waals surface area contributed by atoms with Gasteiger partial charge in [-0.2, -0.15) is 0 Å². The predicted molar refractivity (Wildman–Crippen MR) is 91.4 cm³/mol. The molecule has 3 rings (SSSR count). The second-order valence-corrected chi connectivity index (χ2v) is 5.49. The standard InChI is InChI=1S/C17H16N4O5/c1-9-6-14(25-20-9)16(22)18-11-4-5-12(13(8-11)24-3)19-17(23)15-7-10(2)21-26-15/h4-8H,1-3H3,(H,18,22)(H,19,23). The highest BCUT2D eigenvalue weighted by atomic mass is 16.5. The second-order valence-electron chi connectivity index (χ2n) is 5.49. The molecular formula is C17H16N4O5. The summed E-state index contributed by atoms with van der Waals surface area (Å²) in [7, 11) is 1.45. The third kappa shape index (κ3) is 3.72. The molecule has 0 saturated carbocycles. The van der Waals surface area contributed by atoms with Crippen LogP contribution in [0.5, 0.6) is 5.75 Å². The molecule has 0 bridgehead atoms. The Morgan fingerprint density at radius 2 is 1.50 bits per heavy atom. The lowest BCUT2D eigenvalue weighted by molar-refractivity contribution is 0.0980. The van der Waals surface area contributed by atoms with Gasteiger partial charge in [0, 0.05) is 23.9 Å². The maximum absolute atomic E-state index is 12.2. The molecule has 9 heteroatoms. The minimum atomic E-state index is -0.460. The van der Waals surface area contributed by atoms with Crippen molar-refractivity contribution in [1.29, 1.82) is 0 Å². The third-order valence-electron chi connectivity index (χ3n) is 3.41. The Balaban J connectivity index is 1.75. The topological polar surface area (TPSA) is 119 Å².